The maximum atomic E-state index is 12.7. The molecule has 0 radical (unpaired) electrons. The first-order valence-electron chi connectivity index (χ1n) is 10.4. The summed E-state index contributed by atoms with van der Waals surface area (Å²) < 4.78 is 13.5. The van der Waals surface area contributed by atoms with E-state index < -0.39 is 0 Å². The number of para-hydroxylation sites is 1. The van der Waals surface area contributed by atoms with Gasteiger partial charge in [0.05, 0.1) is 0 Å². The molecule has 1 saturated heterocycles. The number of aromatic nitrogens is 5. The topological polar surface area (TPSA) is 98.5 Å². The first-order valence-corrected chi connectivity index (χ1v) is 10.4. The van der Waals surface area contributed by atoms with E-state index in [0.717, 1.165) is 23.6 Å². The summed E-state index contributed by atoms with van der Waals surface area (Å²) in [4.78, 5) is 25.3. The van der Waals surface area contributed by atoms with Crippen molar-refractivity contribution in [3.63, 3.8) is 0 Å². The van der Waals surface area contributed by atoms with E-state index in [9.17, 15) is 4.79 Å². The Morgan fingerprint density at radius 2 is 2.00 bits per heavy atom. The van der Waals surface area contributed by atoms with Crippen LogP contribution >= 0.6 is 0 Å². The van der Waals surface area contributed by atoms with E-state index in [1.807, 2.05) is 36.9 Å². The van der Waals surface area contributed by atoms with Crippen molar-refractivity contribution in [2.75, 3.05) is 37.7 Å². The lowest BCUT2D eigenvalue weighted by Gasteiger charge is -2.35. The summed E-state index contributed by atoms with van der Waals surface area (Å²) in [7, 11) is 1.80. The second-order valence-corrected chi connectivity index (χ2v) is 8.52. The number of amides is 1. The highest BCUT2D eigenvalue weighted by molar-refractivity contribution is 5.83. The number of nitrogens with zero attached hydrogens (tertiary/aromatic N) is 7. The zero-order valence-corrected chi connectivity index (χ0v) is 17.9. The molecule has 10 nitrogen and oxygen atoms in total. The number of piperazine rings is 1. The lowest BCUT2D eigenvalue weighted by molar-refractivity contribution is -0.133. The average Bonchev–Trinajstić information content (AvgIpc) is 3.30. The van der Waals surface area contributed by atoms with Gasteiger partial charge in [0, 0.05) is 45.2 Å². The van der Waals surface area contributed by atoms with E-state index in [1.165, 1.54) is 6.33 Å². The predicted octanol–water partition coefficient (Wildman–Crippen LogP) is 1.20. The highest BCUT2D eigenvalue weighted by Gasteiger charge is 2.32. The van der Waals surface area contributed by atoms with Gasteiger partial charge in [0.15, 0.2) is 35.1 Å². The Bertz CT molecular complexity index is 1140. The lowest BCUT2D eigenvalue weighted by Crippen LogP contribution is -2.50. The van der Waals surface area contributed by atoms with Gasteiger partial charge in [0.1, 0.15) is 11.9 Å². The normalized spacial score (nSPS) is 17.5. The third kappa shape index (κ3) is 3.62. The van der Waals surface area contributed by atoms with Gasteiger partial charge in [0.25, 0.3) is 5.91 Å². The van der Waals surface area contributed by atoms with Crippen LogP contribution in [0.4, 0.5) is 5.82 Å². The van der Waals surface area contributed by atoms with Crippen LogP contribution in [0.1, 0.15) is 19.4 Å². The number of fused-ring (bicyclic) bond motifs is 2. The number of ether oxygens (including phenoxy) is 2. The van der Waals surface area contributed by atoms with Gasteiger partial charge in [-0.05, 0) is 19.9 Å². The van der Waals surface area contributed by atoms with Crippen molar-refractivity contribution in [2.24, 2.45) is 7.05 Å². The fourth-order valence-corrected chi connectivity index (χ4v) is 4.17. The third-order valence-electron chi connectivity index (χ3n) is 5.71. The highest BCUT2D eigenvalue weighted by Crippen LogP contribution is 2.41. The minimum absolute atomic E-state index is 0.0118. The molecule has 2 aliphatic rings. The van der Waals surface area contributed by atoms with Gasteiger partial charge < -0.3 is 19.3 Å². The van der Waals surface area contributed by atoms with Gasteiger partial charge in [-0.3, -0.25) is 4.79 Å². The van der Waals surface area contributed by atoms with Crippen LogP contribution in [-0.2, 0) is 18.3 Å². The largest absolute Gasteiger partial charge is 0.483 e. The van der Waals surface area contributed by atoms with Crippen LogP contribution in [-0.4, -0.2) is 74.2 Å². The molecule has 162 valence electrons. The number of carbonyl (C=O) groups is 1. The molecule has 0 N–H and O–H groups in total. The molecule has 0 spiro atoms. The molecule has 0 bridgehead atoms. The van der Waals surface area contributed by atoms with Crippen molar-refractivity contribution in [1.82, 2.24) is 29.9 Å². The Kier molecular flexibility index (Phi) is 4.64. The molecule has 1 amide bonds. The monoisotopic (exact) mass is 423 g/mol. The third-order valence-corrected chi connectivity index (χ3v) is 5.71. The van der Waals surface area contributed by atoms with Gasteiger partial charge in [-0.15, -0.1) is 5.10 Å². The summed E-state index contributed by atoms with van der Waals surface area (Å²) in [5.74, 6) is 2.09. The zero-order chi connectivity index (χ0) is 21.6. The summed E-state index contributed by atoms with van der Waals surface area (Å²) in [6, 6.07) is 5.84. The van der Waals surface area contributed by atoms with E-state index in [2.05, 4.69) is 25.2 Å². The fraction of sp³-hybridized carbons (Fsp3) is 0.476. The number of rotatable bonds is 4. The first-order chi connectivity index (χ1) is 14.9. The van der Waals surface area contributed by atoms with Crippen molar-refractivity contribution in [2.45, 2.75) is 25.9 Å². The fourth-order valence-electron chi connectivity index (χ4n) is 4.17. The molecule has 31 heavy (non-hydrogen) atoms. The molecule has 0 aliphatic carbocycles. The van der Waals surface area contributed by atoms with Crippen LogP contribution < -0.4 is 14.4 Å². The number of carbonyl (C=O) groups excluding carboxylic acids is 1. The van der Waals surface area contributed by atoms with E-state index in [1.54, 1.807) is 11.7 Å². The smallest absolute Gasteiger partial charge is 0.260 e. The van der Waals surface area contributed by atoms with Crippen molar-refractivity contribution in [3.8, 4) is 11.5 Å². The summed E-state index contributed by atoms with van der Waals surface area (Å²) in [6.45, 7) is 6.58. The van der Waals surface area contributed by atoms with Crippen molar-refractivity contribution in [1.29, 1.82) is 0 Å². The van der Waals surface area contributed by atoms with Gasteiger partial charge in [-0.1, -0.05) is 17.3 Å². The first kappa shape index (κ1) is 19.5. The Hall–Kier alpha value is -3.43. The number of benzene rings is 1. The second-order valence-electron chi connectivity index (χ2n) is 8.52. The van der Waals surface area contributed by atoms with Gasteiger partial charge in [-0.2, -0.15) is 0 Å². The van der Waals surface area contributed by atoms with Crippen molar-refractivity contribution in [3.05, 3.63) is 30.1 Å². The number of hydrogen-bond donors (Lipinski definition) is 0. The summed E-state index contributed by atoms with van der Waals surface area (Å²) in [6.07, 6.45) is 2.35. The second kappa shape index (κ2) is 7.36. The molecular weight excluding hydrogens is 398 g/mol. The van der Waals surface area contributed by atoms with Crippen LogP contribution in [0.5, 0.6) is 11.5 Å². The Balaban J connectivity index is 1.20. The minimum Gasteiger partial charge on any atom is -0.483 e. The lowest BCUT2D eigenvalue weighted by atomic mass is 10.0. The summed E-state index contributed by atoms with van der Waals surface area (Å²) in [5, 5.41) is 8.21. The maximum absolute atomic E-state index is 12.7. The summed E-state index contributed by atoms with van der Waals surface area (Å²) in [5.41, 5.74) is 2.23. The molecular formula is C21H25N7O3. The molecule has 10 heteroatoms. The van der Waals surface area contributed by atoms with Crippen molar-refractivity contribution < 1.29 is 14.3 Å². The highest BCUT2D eigenvalue weighted by atomic mass is 16.5. The van der Waals surface area contributed by atoms with E-state index >= 15 is 0 Å². The number of aryl methyl sites for hydroxylation is 1. The molecule has 1 aromatic carbocycles. The van der Waals surface area contributed by atoms with Crippen LogP contribution in [0.15, 0.2) is 24.5 Å². The predicted molar refractivity (Wildman–Crippen MR) is 113 cm³/mol. The maximum Gasteiger partial charge on any atom is 0.260 e. The van der Waals surface area contributed by atoms with Crippen LogP contribution in [0.2, 0.25) is 0 Å². The molecule has 4 heterocycles. The molecule has 2 aromatic heterocycles. The minimum atomic E-state index is -0.252. The molecule has 5 rings (SSSR count). The van der Waals surface area contributed by atoms with Crippen LogP contribution in [0.25, 0.3) is 11.2 Å². The Morgan fingerprint density at radius 3 is 2.81 bits per heavy atom. The van der Waals surface area contributed by atoms with Crippen molar-refractivity contribution >= 4 is 22.9 Å². The van der Waals surface area contributed by atoms with E-state index in [-0.39, 0.29) is 18.1 Å². The zero-order valence-electron chi connectivity index (χ0n) is 17.9. The summed E-state index contributed by atoms with van der Waals surface area (Å²) >= 11 is 0. The van der Waals surface area contributed by atoms with E-state index in [4.69, 9.17) is 9.47 Å². The van der Waals surface area contributed by atoms with Gasteiger partial charge in [0.2, 0.25) is 0 Å². The average molecular weight is 423 g/mol. The van der Waals surface area contributed by atoms with Crippen LogP contribution in [0, 0.1) is 0 Å². The molecule has 0 atom stereocenters. The van der Waals surface area contributed by atoms with Gasteiger partial charge in [-0.25, -0.2) is 14.6 Å². The van der Waals surface area contributed by atoms with Crippen LogP contribution in [0.3, 0.4) is 0 Å². The number of hydrogen-bond acceptors (Lipinski definition) is 8. The van der Waals surface area contributed by atoms with Gasteiger partial charge >= 0.3 is 0 Å². The Labute approximate surface area is 179 Å². The number of anilines is 1. The Morgan fingerprint density at radius 1 is 1.19 bits per heavy atom. The molecule has 3 aromatic rings. The molecule has 0 saturated carbocycles. The molecule has 1 fully saturated rings. The molecule has 0 unspecified atom stereocenters. The van der Waals surface area contributed by atoms with E-state index in [0.29, 0.717) is 43.1 Å². The quantitative estimate of drug-likeness (QED) is 0.617. The standard InChI is InChI=1S/C21H25N7O3/c1-21(2)11-14-5-4-6-15(18(14)31-21)30-12-16(29)27-7-9-28(10-8-27)20-17-19(22-13-23-20)26(3)25-24-17/h4-6,13H,7-12H2,1-3H3. The SMILES string of the molecule is Cn1nnc2c(N3CCN(C(=O)COc4cccc5c4OC(C)(C)C5)CC3)ncnc21. The molecule has 2 aliphatic heterocycles.